The summed E-state index contributed by atoms with van der Waals surface area (Å²) < 4.78 is 10.9. The van der Waals surface area contributed by atoms with Crippen molar-refractivity contribution in [3.05, 3.63) is 48.0 Å². The Bertz CT molecular complexity index is 620. The van der Waals surface area contributed by atoms with Gasteiger partial charge in [-0.2, -0.15) is 0 Å². The predicted octanol–water partition coefficient (Wildman–Crippen LogP) is 3.39. The third kappa shape index (κ3) is 3.34. The molecule has 2 rings (SSSR count). The van der Waals surface area contributed by atoms with Gasteiger partial charge in [0.15, 0.2) is 11.5 Å². The predicted molar refractivity (Wildman–Crippen MR) is 80.9 cm³/mol. The monoisotopic (exact) mass is 286 g/mol. The molecule has 0 fully saturated rings. The molecular weight excluding hydrogens is 268 g/mol. The maximum atomic E-state index is 10.7. The second-order valence-electron chi connectivity index (χ2n) is 4.60. The fourth-order valence-electron chi connectivity index (χ4n) is 2.31. The molecule has 0 aliphatic rings. The van der Waals surface area contributed by atoms with Gasteiger partial charge < -0.3 is 14.6 Å². The topological polar surface area (TPSA) is 55.8 Å². The van der Waals surface area contributed by atoms with Crippen LogP contribution >= 0.6 is 0 Å². The standard InChI is InChI=1S/C17H18O4/c1-20-16-13(9-11-15(18)19)8-10-14(17(16)21-2)12-6-4-3-5-7-12/h3-8,10H,9,11H2,1-2H3,(H,18,19). The second-order valence-corrected chi connectivity index (χ2v) is 4.60. The average molecular weight is 286 g/mol. The summed E-state index contributed by atoms with van der Waals surface area (Å²) in [4.78, 5) is 10.7. The summed E-state index contributed by atoms with van der Waals surface area (Å²) in [6, 6.07) is 13.7. The van der Waals surface area contributed by atoms with Crippen LogP contribution in [0.4, 0.5) is 0 Å². The van der Waals surface area contributed by atoms with E-state index in [2.05, 4.69) is 0 Å². The van der Waals surface area contributed by atoms with E-state index in [0.29, 0.717) is 17.9 Å². The Morgan fingerprint density at radius 1 is 1.00 bits per heavy atom. The molecule has 0 saturated carbocycles. The molecule has 0 radical (unpaired) electrons. The Labute approximate surface area is 123 Å². The smallest absolute Gasteiger partial charge is 0.303 e. The molecule has 21 heavy (non-hydrogen) atoms. The number of aryl methyl sites for hydroxylation is 1. The molecular formula is C17H18O4. The molecule has 1 N–H and O–H groups in total. The van der Waals surface area contributed by atoms with E-state index in [1.54, 1.807) is 14.2 Å². The van der Waals surface area contributed by atoms with E-state index in [1.807, 2.05) is 42.5 Å². The van der Waals surface area contributed by atoms with Gasteiger partial charge in [-0.05, 0) is 17.5 Å². The summed E-state index contributed by atoms with van der Waals surface area (Å²) in [6.07, 6.45) is 0.466. The minimum absolute atomic E-state index is 0.0597. The lowest BCUT2D eigenvalue weighted by Gasteiger charge is -2.16. The summed E-state index contributed by atoms with van der Waals surface area (Å²) in [5.41, 5.74) is 2.78. The summed E-state index contributed by atoms with van der Waals surface area (Å²) in [6.45, 7) is 0. The molecule has 0 amide bonds. The summed E-state index contributed by atoms with van der Waals surface area (Å²) in [5.74, 6) is 0.398. The normalized spacial score (nSPS) is 10.2. The molecule has 0 heterocycles. The van der Waals surface area contributed by atoms with Crippen LogP contribution in [-0.4, -0.2) is 25.3 Å². The van der Waals surface area contributed by atoms with Crippen molar-refractivity contribution in [2.75, 3.05) is 14.2 Å². The Balaban J connectivity index is 2.47. The zero-order valence-corrected chi connectivity index (χ0v) is 12.1. The van der Waals surface area contributed by atoms with Gasteiger partial charge in [-0.3, -0.25) is 4.79 Å². The third-order valence-electron chi connectivity index (χ3n) is 3.29. The highest BCUT2D eigenvalue weighted by atomic mass is 16.5. The molecule has 0 unspecified atom stereocenters. The Morgan fingerprint density at radius 2 is 1.67 bits per heavy atom. The van der Waals surface area contributed by atoms with E-state index in [4.69, 9.17) is 14.6 Å². The highest BCUT2D eigenvalue weighted by molar-refractivity contribution is 5.75. The van der Waals surface area contributed by atoms with Crippen molar-refractivity contribution < 1.29 is 19.4 Å². The van der Waals surface area contributed by atoms with Crippen molar-refractivity contribution in [3.8, 4) is 22.6 Å². The quantitative estimate of drug-likeness (QED) is 0.884. The van der Waals surface area contributed by atoms with Gasteiger partial charge in [-0.15, -0.1) is 0 Å². The van der Waals surface area contributed by atoms with Crippen LogP contribution in [0.3, 0.4) is 0 Å². The molecule has 2 aromatic carbocycles. The first kappa shape index (κ1) is 14.9. The Morgan fingerprint density at radius 3 is 2.24 bits per heavy atom. The number of ether oxygens (including phenoxy) is 2. The minimum atomic E-state index is -0.830. The lowest BCUT2D eigenvalue weighted by Crippen LogP contribution is -2.02. The largest absolute Gasteiger partial charge is 0.493 e. The van der Waals surface area contributed by atoms with Crippen molar-refractivity contribution in [2.45, 2.75) is 12.8 Å². The second kappa shape index (κ2) is 6.79. The molecule has 4 nitrogen and oxygen atoms in total. The van der Waals surface area contributed by atoms with Gasteiger partial charge in [-0.25, -0.2) is 0 Å². The average Bonchev–Trinajstić information content (AvgIpc) is 2.52. The molecule has 0 bridgehead atoms. The van der Waals surface area contributed by atoms with Crippen molar-refractivity contribution in [2.24, 2.45) is 0 Å². The van der Waals surface area contributed by atoms with E-state index in [0.717, 1.165) is 16.7 Å². The Hall–Kier alpha value is -2.49. The maximum absolute atomic E-state index is 10.7. The van der Waals surface area contributed by atoms with Gasteiger partial charge in [0, 0.05) is 12.0 Å². The number of hydrogen-bond acceptors (Lipinski definition) is 3. The zero-order valence-electron chi connectivity index (χ0n) is 12.1. The van der Waals surface area contributed by atoms with Crippen LogP contribution in [0.2, 0.25) is 0 Å². The van der Waals surface area contributed by atoms with Gasteiger partial charge in [0.1, 0.15) is 0 Å². The van der Waals surface area contributed by atoms with Crippen molar-refractivity contribution >= 4 is 5.97 Å². The van der Waals surface area contributed by atoms with Crippen LogP contribution in [0.5, 0.6) is 11.5 Å². The van der Waals surface area contributed by atoms with E-state index < -0.39 is 5.97 Å². The zero-order chi connectivity index (χ0) is 15.2. The van der Waals surface area contributed by atoms with Gasteiger partial charge in [-0.1, -0.05) is 42.5 Å². The summed E-state index contributed by atoms with van der Waals surface area (Å²) in [5, 5.41) is 8.83. The van der Waals surface area contributed by atoms with Gasteiger partial charge in [0.25, 0.3) is 0 Å². The lowest BCUT2D eigenvalue weighted by atomic mass is 9.99. The van der Waals surface area contributed by atoms with Crippen LogP contribution in [0, 0.1) is 0 Å². The number of hydrogen-bond donors (Lipinski definition) is 1. The van der Waals surface area contributed by atoms with E-state index >= 15 is 0 Å². The third-order valence-corrected chi connectivity index (χ3v) is 3.29. The summed E-state index contributed by atoms with van der Waals surface area (Å²) in [7, 11) is 3.15. The molecule has 2 aromatic rings. The van der Waals surface area contributed by atoms with Crippen molar-refractivity contribution in [1.82, 2.24) is 0 Å². The fraction of sp³-hybridized carbons (Fsp3) is 0.235. The minimum Gasteiger partial charge on any atom is -0.493 e. The number of methoxy groups -OCH3 is 2. The molecule has 0 aromatic heterocycles. The molecule has 0 aliphatic carbocycles. The first-order chi connectivity index (χ1) is 10.2. The van der Waals surface area contributed by atoms with E-state index in [1.165, 1.54) is 0 Å². The van der Waals surface area contributed by atoms with Crippen LogP contribution in [-0.2, 0) is 11.2 Å². The fourth-order valence-corrected chi connectivity index (χ4v) is 2.31. The highest BCUT2D eigenvalue weighted by Crippen LogP contribution is 2.40. The van der Waals surface area contributed by atoms with Crippen LogP contribution < -0.4 is 9.47 Å². The molecule has 0 aliphatic heterocycles. The lowest BCUT2D eigenvalue weighted by molar-refractivity contribution is -0.136. The van der Waals surface area contributed by atoms with Gasteiger partial charge >= 0.3 is 5.97 Å². The number of carboxylic acid groups (broad SMARTS) is 1. The summed E-state index contributed by atoms with van der Waals surface area (Å²) >= 11 is 0. The number of aliphatic carboxylic acids is 1. The van der Waals surface area contributed by atoms with Crippen LogP contribution in [0.15, 0.2) is 42.5 Å². The van der Waals surface area contributed by atoms with Crippen molar-refractivity contribution in [1.29, 1.82) is 0 Å². The maximum Gasteiger partial charge on any atom is 0.303 e. The van der Waals surface area contributed by atoms with Crippen molar-refractivity contribution in [3.63, 3.8) is 0 Å². The SMILES string of the molecule is COc1c(CCC(=O)O)ccc(-c2ccccc2)c1OC. The molecule has 110 valence electrons. The number of carboxylic acids is 1. The van der Waals surface area contributed by atoms with Gasteiger partial charge in [0.05, 0.1) is 14.2 Å². The Kier molecular flexibility index (Phi) is 4.82. The van der Waals surface area contributed by atoms with Crippen LogP contribution in [0.25, 0.3) is 11.1 Å². The molecule has 4 heteroatoms. The molecule has 0 atom stereocenters. The first-order valence-electron chi connectivity index (χ1n) is 6.68. The number of rotatable bonds is 6. The number of benzene rings is 2. The van der Waals surface area contributed by atoms with E-state index in [-0.39, 0.29) is 6.42 Å². The molecule has 0 spiro atoms. The number of carbonyl (C=O) groups is 1. The molecule has 0 saturated heterocycles. The van der Waals surface area contributed by atoms with E-state index in [9.17, 15) is 4.79 Å². The van der Waals surface area contributed by atoms with Crippen LogP contribution in [0.1, 0.15) is 12.0 Å². The first-order valence-corrected chi connectivity index (χ1v) is 6.68. The highest BCUT2D eigenvalue weighted by Gasteiger charge is 2.16. The van der Waals surface area contributed by atoms with Gasteiger partial charge in [0.2, 0.25) is 0 Å².